The Kier molecular flexibility index (Phi) is 4.90. The van der Waals surface area contributed by atoms with Gasteiger partial charge < -0.3 is 14.7 Å². The number of carboxylic acid groups (broad SMARTS) is 1. The van der Waals surface area contributed by atoms with Crippen LogP contribution in [0.4, 0.5) is 4.79 Å². The van der Waals surface area contributed by atoms with Crippen molar-refractivity contribution in [1.82, 2.24) is 4.90 Å². The summed E-state index contributed by atoms with van der Waals surface area (Å²) in [4.78, 5) is 25.8. The number of benzene rings is 1. The SMILES string of the molecule is CC(C)(C)OC(=O)N1CCCC(C(=O)O)(c2ccc(Cl)cc2)C1. The van der Waals surface area contributed by atoms with E-state index in [-0.39, 0.29) is 6.54 Å². The summed E-state index contributed by atoms with van der Waals surface area (Å²) in [5, 5.41) is 10.4. The van der Waals surface area contributed by atoms with Gasteiger partial charge in [0.15, 0.2) is 0 Å². The standard InChI is InChI=1S/C17H22ClNO4/c1-16(2,3)23-15(22)19-10-4-9-17(11-19,14(20)21)12-5-7-13(18)8-6-12/h5-8H,4,9-11H2,1-3H3,(H,20,21). The number of nitrogens with zero attached hydrogens (tertiary/aromatic N) is 1. The molecule has 1 fully saturated rings. The molecule has 5 nitrogen and oxygen atoms in total. The smallest absolute Gasteiger partial charge is 0.410 e. The third-order valence-electron chi connectivity index (χ3n) is 3.95. The number of ether oxygens (including phenoxy) is 1. The molecule has 1 aliphatic rings. The highest BCUT2D eigenvalue weighted by Crippen LogP contribution is 2.35. The minimum atomic E-state index is -1.13. The van der Waals surface area contributed by atoms with Crippen LogP contribution in [0.5, 0.6) is 0 Å². The van der Waals surface area contributed by atoms with Gasteiger partial charge in [-0.25, -0.2) is 4.79 Å². The zero-order valence-corrected chi connectivity index (χ0v) is 14.4. The summed E-state index contributed by atoms with van der Waals surface area (Å²) in [6.45, 7) is 5.96. The van der Waals surface area contributed by atoms with Crippen molar-refractivity contribution >= 4 is 23.7 Å². The molecule has 6 heteroatoms. The molecule has 0 radical (unpaired) electrons. The van der Waals surface area contributed by atoms with Crippen molar-refractivity contribution in [2.24, 2.45) is 0 Å². The molecule has 1 N–H and O–H groups in total. The first-order valence-corrected chi connectivity index (χ1v) is 7.99. The fraction of sp³-hybridized carbons (Fsp3) is 0.529. The molecule has 126 valence electrons. The van der Waals surface area contributed by atoms with Crippen molar-refractivity contribution in [3.8, 4) is 0 Å². The van der Waals surface area contributed by atoms with Gasteiger partial charge in [-0.05, 0) is 51.3 Å². The maximum atomic E-state index is 12.3. The van der Waals surface area contributed by atoms with Gasteiger partial charge in [0.25, 0.3) is 0 Å². The summed E-state index contributed by atoms with van der Waals surface area (Å²) in [5.74, 6) is -0.937. The molecule has 0 saturated carbocycles. The fourth-order valence-electron chi connectivity index (χ4n) is 2.84. The van der Waals surface area contributed by atoms with E-state index in [1.54, 1.807) is 45.0 Å². The Morgan fingerprint density at radius 1 is 1.26 bits per heavy atom. The highest BCUT2D eigenvalue weighted by molar-refractivity contribution is 6.30. The predicted octanol–water partition coefficient (Wildman–Crippen LogP) is 3.69. The van der Waals surface area contributed by atoms with E-state index in [1.807, 2.05) is 0 Å². The maximum absolute atomic E-state index is 12.3. The topological polar surface area (TPSA) is 66.8 Å². The number of hydrogen-bond acceptors (Lipinski definition) is 3. The van der Waals surface area contributed by atoms with E-state index in [9.17, 15) is 14.7 Å². The number of halogens is 1. The van der Waals surface area contributed by atoms with Crippen molar-refractivity contribution in [2.45, 2.75) is 44.6 Å². The van der Waals surface area contributed by atoms with Crippen molar-refractivity contribution in [1.29, 1.82) is 0 Å². The van der Waals surface area contributed by atoms with Crippen LogP contribution in [0.25, 0.3) is 0 Å². The van der Waals surface area contributed by atoms with E-state index in [0.29, 0.717) is 30.0 Å². The monoisotopic (exact) mass is 339 g/mol. The Morgan fingerprint density at radius 3 is 2.39 bits per heavy atom. The summed E-state index contributed by atoms with van der Waals surface area (Å²) < 4.78 is 5.38. The number of aliphatic carboxylic acids is 1. The molecule has 1 aromatic carbocycles. The predicted molar refractivity (Wildman–Crippen MR) is 87.8 cm³/mol. The van der Waals surface area contributed by atoms with Gasteiger partial charge in [0.2, 0.25) is 0 Å². The lowest BCUT2D eigenvalue weighted by molar-refractivity contribution is -0.146. The van der Waals surface area contributed by atoms with Crippen LogP contribution in [0.3, 0.4) is 0 Å². The van der Waals surface area contributed by atoms with Gasteiger partial charge in [-0.1, -0.05) is 23.7 Å². The molecule has 0 aromatic heterocycles. The minimum absolute atomic E-state index is 0.0961. The largest absolute Gasteiger partial charge is 0.481 e. The summed E-state index contributed by atoms with van der Waals surface area (Å²) in [5.41, 5.74) is -1.08. The second-order valence-electron chi connectivity index (χ2n) is 6.90. The Labute approximate surface area is 141 Å². The Morgan fingerprint density at radius 2 is 1.87 bits per heavy atom. The van der Waals surface area contributed by atoms with E-state index in [0.717, 1.165) is 0 Å². The number of piperidine rings is 1. The van der Waals surface area contributed by atoms with Crippen LogP contribution in [-0.4, -0.2) is 40.8 Å². The molecule has 1 aliphatic heterocycles. The first-order chi connectivity index (χ1) is 10.6. The lowest BCUT2D eigenvalue weighted by Gasteiger charge is -2.40. The number of carbonyl (C=O) groups is 2. The van der Waals surface area contributed by atoms with E-state index < -0.39 is 23.1 Å². The first kappa shape index (κ1) is 17.6. The highest BCUT2D eigenvalue weighted by Gasteiger charge is 2.45. The minimum Gasteiger partial charge on any atom is -0.481 e. The van der Waals surface area contributed by atoms with Gasteiger partial charge in [0, 0.05) is 18.1 Å². The van der Waals surface area contributed by atoms with Crippen LogP contribution >= 0.6 is 11.6 Å². The Balaban J connectivity index is 2.28. The number of carboxylic acids is 1. The molecule has 2 rings (SSSR count). The molecule has 1 saturated heterocycles. The second kappa shape index (κ2) is 6.40. The van der Waals surface area contributed by atoms with Crippen molar-refractivity contribution in [3.05, 3.63) is 34.9 Å². The lowest BCUT2D eigenvalue weighted by atomic mass is 9.74. The summed E-state index contributed by atoms with van der Waals surface area (Å²) in [7, 11) is 0. The fourth-order valence-corrected chi connectivity index (χ4v) is 2.97. The van der Waals surface area contributed by atoms with Crippen molar-refractivity contribution < 1.29 is 19.4 Å². The van der Waals surface area contributed by atoms with Crippen LogP contribution in [0, 0.1) is 0 Å². The number of carbonyl (C=O) groups excluding carboxylic acids is 1. The zero-order chi connectivity index (χ0) is 17.3. The number of amides is 1. The van der Waals surface area contributed by atoms with E-state index >= 15 is 0 Å². The third-order valence-corrected chi connectivity index (χ3v) is 4.20. The van der Waals surface area contributed by atoms with Crippen LogP contribution in [0.1, 0.15) is 39.2 Å². The molecule has 23 heavy (non-hydrogen) atoms. The van der Waals surface area contributed by atoms with Crippen LogP contribution in [0.15, 0.2) is 24.3 Å². The average molecular weight is 340 g/mol. The lowest BCUT2D eigenvalue weighted by Crippen LogP contribution is -2.53. The van der Waals surface area contributed by atoms with Gasteiger partial charge in [0.1, 0.15) is 11.0 Å². The van der Waals surface area contributed by atoms with E-state index in [2.05, 4.69) is 0 Å². The average Bonchev–Trinajstić information content (AvgIpc) is 2.46. The molecule has 0 spiro atoms. The van der Waals surface area contributed by atoms with Crippen LogP contribution in [-0.2, 0) is 14.9 Å². The van der Waals surface area contributed by atoms with Gasteiger partial charge in [0.05, 0.1) is 0 Å². The first-order valence-electron chi connectivity index (χ1n) is 7.61. The van der Waals surface area contributed by atoms with Crippen LogP contribution in [0.2, 0.25) is 5.02 Å². The second-order valence-corrected chi connectivity index (χ2v) is 7.34. The molecule has 1 heterocycles. The quantitative estimate of drug-likeness (QED) is 0.892. The normalized spacial score (nSPS) is 21.8. The summed E-state index contributed by atoms with van der Waals surface area (Å²) >= 11 is 5.90. The maximum Gasteiger partial charge on any atom is 0.410 e. The summed E-state index contributed by atoms with van der Waals surface area (Å²) in [6.07, 6.45) is 0.606. The number of hydrogen-bond donors (Lipinski definition) is 1. The molecule has 1 atom stereocenters. The Hall–Kier alpha value is -1.75. The highest BCUT2D eigenvalue weighted by atomic mass is 35.5. The van der Waals surface area contributed by atoms with Crippen molar-refractivity contribution in [3.63, 3.8) is 0 Å². The molecule has 1 amide bonds. The van der Waals surface area contributed by atoms with Gasteiger partial charge in [-0.2, -0.15) is 0 Å². The number of rotatable bonds is 2. The molecule has 1 aromatic rings. The van der Waals surface area contributed by atoms with Crippen LogP contribution < -0.4 is 0 Å². The van der Waals surface area contributed by atoms with Gasteiger partial charge in [-0.3, -0.25) is 4.79 Å². The molecule has 0 aliphatic carbocycles. The van der Waals surface area contributed by atoms with Crippen molar-refractivity contribution in [2.75, 3.05) is 13.1 Å². The summed E-state index contributed by atoms with van der Waals surface area (Å²) in [6, 6.07) is 6.78. The molecule has 0 bridgehead atoms. The molecular weight excluding hydrogens is 318 g/mol. The third kappa shape index (κ3) is 3.96. The van der Waals surface area contributed by atoms with Gasteiger partial charge in [-0.15, -0.1) is 0 Å². The molecule has 1 unspecified atom stereocenters. The molecular formula is C17H22ClNO4. The number of likely N-dealkylation sites (tertiary alicyclic amines) is 1. The van der Waals surface area contributed by atoms with E-state index in [4.69, 9.17) is 16.3 Å². The van der Waals surface area contributed by atoms with Gasteiger partial charge >= 0.3 is 12.1 Å². The Bertz CT molecular complexity index is 594. The zero-order valence-electron chi connectivity index (χ0n) is 13.6. The van der Waals surface area contributed by atoms with E-state index in [1.165, 1.54) is 4.90 Å².